The van der Waals surface area contributed by atoms with Gasteiger partial charge in [-0.05, 0) is 24.3 Å². The van der Waals surface area contributed by atoms with Gasteiger partial charge in [0, 0.05) is 16.7 Å². The second-order valence-corrected chi connectivity index (χ2v) is 4.46. The Labute approximate surface area is 121 Å². The molecule has 0 radical (unpaired) electrons. The molecular formula is C15H12ClNO3. The van der Waals surface area contributed by atoms with E-state index in [2.05, 4.69) is 0 Å². The quantitative estimate of drug-likeness (QED) is 0.935. The molecule has 0 saturated carbocycles. The zero-order valence-corrected chi connectivity index (χ0v) is 11.5. The van der Waals surface area contributed by atoms with Crippen molar-refractivity contribution >= 4 is 11.6 Å². The number of aliphatic hydroxyl groups excluding tert-OH is 1. The van der Waals surface area contributed by atoms with E-state index in [1.165, 1.54) is 7.11 Å². The molecule has 0 fully saturated rings. The zero-order chi connectivity index (χ0) is 14.5. The number of aliphatic hydroxyl groups is 1. The van der Waals surface area contributed by atoms with Gasteiger partial charge in [0.15, 0.2) is 0 Å². The monoisotopic (exact) mass is 289 g/mol. The first-order valence-electron chi connectivity index (χ1n) is 5.82. The third kappa shape index (κ3) is 3.21. The number of hydrogen-bond acceptors (Lipinski definition) is 4. The molecular weight excluding hydrogens is 278 g/mol. The Morgan fingerprint density at radius 3 is 2.60 bits per heavy atom. The molecule has 0 heterocycles. The summed E-state index contributed by atoms with van der Waals surface area (Å²) in [5.74, 6) is 1.40. The Balaban J connectivity index is 2.39. The lowest BCUT2D eigenvalue weighted by Crippen LogP contribution is -1.93. The summed E-state index contributed by atoms with van der Waals surface area (Å²) in [4.78, 5) is 0. The Kier molecular flexibility index (Phi) is 4.46. The molecule has 0 spiro atoms. The lowest BCUT2D eigenvalue weighted by molar-refractivity contribution is 0.276. The van der Waals surface area contributed by atoms with Gasteiger partial charge in [-0.15, -0.1) is 0 Å². The summed E-state index contributed by atoms with van der Waals surface area (Å²) in [7, 11) is 1.51. The van der Waals surface area contributed by atoms with Crippen LogP contribution in [-0.2, 0) is 6.61 Å². The maximum Gasteiger partial charge on any atom is 0.134 e. The smallest absolute Gasteiger partial charge is 0.134 e. The van der Waals surface area contributed by atoms with Crippen molar-refractivity contribution in [1.29, 1.82) is 5.26 Å². The SMILES string of the molecule is COc1cc(C#N)cc(Oc2cc(Cl)ccc2CO)c1. The summed E-state index contributed by atoms with van der Waals surface area (Å²) in [5.41, 5.74) is 1.03. The van der Waals surface area contributed by atoms with Crippen molar-refractivity contribution < 1.29 is 14.6 Å². The largest absolute Gasteiger partial charge is 0.497 e. The lowest BCUT2D eigenvalue weighted by atomic mass is 10.2. The summed E-state index contributed by atoms with van der Waals surface area (Å²) in [6.45, 7) is -0.165. The number of rotatable bonds is 4. The van der Waals surface area contributed by atoms with Gasteiger partial charge in [0.05, 0.1) is 25.3 Å². The fraction of sp³-hybridized carbons (Fsp3) is 0.133. The second kappa shape index (κ2) is 6.29. The van der Waals surface area contributed by atoms with Crippen molar-refractivity contribution in [3.8, 4) is 23.3 Å². The van der Waals surface area contributed by atoms with E-state index in [4.69, 9.17) is 26.3 Å². The minimum absolute atomic E-state index is 0.165. The molecule has 2 aromatic carbocycles. The molecule has 102 valence electrons. The number of methoxy groups -OCH3 is 1. The van der Waals surface area contributed by atoms with Gasteiger partial charge < -0.3 is 14.6 Å². The maximum absolute atomic E-state index is 9.29. The first-order valence-corrected chi connectivity index (χ1v) is 6.20. The maximum atomic E-state index is 9.29. The minimum atomic E-state index is -0.165. The van der Waals surface area contributed by atoms with Gasteiger partial charge in [0.2, 0.25) is 0 Å². The van der Waals surface area contributed by atoms with E-state index in [1.807, 2.05) is 6.07 Å². The molecule has 0 aliphatic carbocycles. The Morgan fingerprint density at radius 2 is 1.95 bits per heavy atom. The Hall–Kier alpha value is -2.22. The predicted octanol–water partition coefficient (Wildman–Crippen LogP) is 3.50. The normalized spacial score (nSPS) is 9.90. The molecule has 2 rings (SSSR count). The van der Waals surface area contributed by atoms with Crippen molar-refractivity contribution in [3.63, 3.8) is 0 Å². The Morgan fingerprint density at radius 1 is 1.20 bits per heavy atom. The standard InChI is InChI=1S/C15H12ClNO3/c1-19-13-4-10(8-17)5-14(7-13)20-15-6-12(16)3-2-11(15)9-18/h2-7,18H,9H2,1H3. The molecule has 0 aliphatic heterocycles. The van der Waals surface area contributed by atoms with Crippen molar-refractivity contribution in [1.82, 2.24) is 0 Å². The lowest BCUT2D eigenvalue weighted by Gasteiger charge is -2.11. The average molecular weight is 290 g/mol. The number of benzene rings is 2. The van der Waals surface area contributed by atoms with Crippen LogP contribution in [0.2, 0.25) is 5.02 Å². The van der Waals surface area contributed by atoms with Crippen LogP contribution in [-0.4, -0.2) is 12.2 Å². The molecule has 4 nitrogen and oxygen atoms in total. The number of nitriles is 1. The summed E-state index contributed by atoms with van der Waals surface area (Å²) in [6, 6.07) is 11.9. The highest BCUT2D eigenvalue weighted by Crippen LogP contribution is 2.31. The molecule has 1 N–H and O–H groups in total. The third-order valence-corrected chi connectivity index (χ3v) is 2.91. The fourth-order valence-electron chi connectivity index (χ4n) is 1.69. The van der Waals surface area contributed by atoms with E-state index in [-0.39, 0.29) is 6.61 Å². The van der Waals surface area contributed by atoms with Crippen molar-refractivity contribution in [2.75, 3.05) is 7.11 Å². The van der Waals surface area contributed by atoms with Crippen LogP contribution in [0, 0.1) is 11.3 Å². The summed E-state index contributed by atoms with van der Waals surface area (Å²) < 4.78 is 10.8. The van der Waals surface area contributed by atoms with Crippen LogP contribution in [0.4, 0.5) is 0 Å². The van der Waals surface area contributed by atoms with Gasteiger partial charge in [-0.25, -0.2) is 0 Å². The van der Waals surface area contributed by atoms with Crippen molar-refractivity contribution in [2.24, 2.45) is 0 Å². The van der Waals surface area contributed by atoms with Crippen LogP contribution in [0.1, 0.15) is 11.1 Å². The molecule has 0 unspecified atom stereocenters. The van der Waals surface area contributed by atoms with Crippen molar-refractivity contribution in [2.45, 2.75) is 6.61 Å². The van der Waals surface area contributed by atoms with Gasteiger partial charge in [0.25, 0.3) is 0 Å². The number of ether oxygens (including phenoxy) is 2. The predicted molar refractivity (Wildman–Crippen MR) is 75.2 cm³/mol. The van der Waals surface area contributed by atoms with E-state index in [0.29, 0.717) is 33.4 Å². The highest BCUT2D eigenvalue weighted by atomic mass is 35.5. The average Bonchev–Trinajstić information content (AvgIpc) is 2.47. The molecule has 0 aromatic heterocycles. The van der Waals surface area contributed by atoms with Gasteiger partial charge in [-0.3, -0.25) is 0 Å². The zero-order valence-electron chi connectivity index (χ0n) is 10.8. The van der Waals surface area contributed by atoms with Gasteiger partial charge >= 0.3 is 0 Å². The van der Waals surface area contributed by atoms with E-state index < -0.39 is 0 Å². The van der Waals surface area contributed by atoms with E-state index in [0.717, 1.165) is 0 Å². The van der Waals surface area contributed by atoms with Crippen LogP contribution in [0.3, 0.4) is 0 Å². The number of hydrogen-bond donors (Lipinski definition) is 1. The molecule has 5 heteroatoms. The molecule has 2 aromatic rings. The molecule has 0 atom stereocenters. The number of halogens is 1. The molecule has 0 saturated heterocycles. The van der Waals surface area contributed by atoms with E-state index >= 15 is 0 Å². The van der Waals surface area contributed by atoms with Crippen LogP contribution < -0.4 is 9.47 Å². The van der Waals surface area contributed by atoms with E-state index in [1.54, 1.807) is 36.4 Å². The summed E-state index contributed by atoms with van der Waals surface area (Å²) >= 11 is 5.92. The second-order valence-electron chi connectivity index (χ2n) is 4.02. The van der Waals surface area contributed by atoms with Gasteiger partial charge in [-0.1, -0.05) is 17.7 Å². The highest BCUT2D eigenvalue weighted by molar-refractivity contribution is 6.30. The number of nitrogens with zero attached hydrogens (tertiary/aromatic N) is 1. The Bertz CT molecular complexity index is 665. The molecule has 0 amide bonds. The topological polar surface area (TPSA) is 62.5 Å². The fourth-order valence-corrected chi connectivity index (χ4v) is 1.86. The van der Waals surface area contributed by atoms with Crippen LogP contribution >= 0.6 is 11.6 Å². The summed E-state index contributed by atoms with van der Waals surface area (Å²) in [6.07, 6.45) is 0. The van der Waals surface area contributed by atoms with E-state index in [9.17, 15) is 5.11 Å². The first kappa shape index (κ1) is 14.2. The third-order valence-electron chi connectivity index (χ3n) is 2.67. The van der Waals surface area contributed by atoms with Gasteiger partial charge in [0.1, 0.15) is 17.2 Å². The molecule has 0 aliphatic rings. The van der Waals surface area contributed by atoms with Crippen LogP contribution in [0.15, 0.2) is 36.4 Å². The van der Waals surface area contributed by atoms with Crippen LogP contribution in [0.5, 0.6) is 17.2 Å². The van der Waals surface area contributed by atoms with Crippen LogP contribution in [0.25, 0.3) is 0 Å². The minimum Gasteiger partial charge on any atom is -0.497 e. The molecule has 0 bridgehead atoms. The highest BCUT2D eigenvalue weighted by Gasteiger charge is 2.08. The van der Waals surface area contributed by atoms with Crippen molar-refractivity contribution in [3.05, 3.63) is 52.5 Å². The first-order chi connectivity index (χ1) is 9.66. The van der Waals surface area contributed by atoms with Gasteiger partial charge in [-0.2, -0.15) is 5.26 Å². The molecule has 20 heavy (non-hydrogen) atoms. The summed E-state index contributed by atoms with van der Waals surface area (Å²) in [5, 5.41) is 18.8.